The Morgan fingerprint density at radius 2 is 0.639 bits per heavy atom. The monoisotopic (exact) mass is 806 g/mol. The summed E-state index contributed by atoms with van der Waals surface area (Å²) in [5.74, 6) is -3.11. The minimum absolute atomic E-state index is 0.144. The van der Waals surface area contributed by atoms with Crippen molar-refractivity contribution in [2.75, 3.05) is 0 Å². The molecule has 10 rings (SSSR count). The van der Waals surface area contributed by atoms with Gasteiger partial charge in [-0.15, -0.1) is 0 Å². The molecule has 12 nitrogen and oxygen atoms in total. The molecule has 2 aliphatic heterocycles. The molecular formula is C49H34N4O8. The van der Waals surface area contributed by atoms with Crippen molar-refractivity contribution in [3.05, 3.63) is 234 Å². The number of hydrogen-bond donors (Lipinski definition) is 8. The van der Waals surface area contributed by atoms with Gasteiger partial charge in [0.1, 0.15) is 6.10 Å². The average Bonchev–Trinajstić information content (AvgIpc) is 3.86. The predicted octanol–water partition coefficient (Wildman–Crippen LogP) is 4.79. The second kappa shape index (κ2) is 14.6. The zero-order valence-corrected chi connectivity index (χ0v) is 31.9. The number of aromatic carboxylic acids is 3. The summed E-state index contributed by atoms with van der Waals surface area (Å²) in [6, 6.07) is 43.7. The second-order valence-electron chi connectivity index (χ2n) is 14.9. The standard InChI is InChI=1S/C49H34N4O8/c54-46(55)30-11-3-26(4-12-30)42-35-19-17-33(50-35)41(25-1-9-29(10-2-25)45-49(60)61-45)34-18-20-36(51-34)43(27-5-13-31(14-6-27)47(56)57)38-22-24-40(53-38)44(39-23-21-37(42)52-39)28-7-15-32(16-8-28)48(58)59/h1-24,45,49-53,60H,(H,54,55)(H,56,57)(H,58,59). The highest BCUT2D eigenvalue weighted by Gasteiger charge is 2.38. The number of benzene rings is 4. The van der Waals surface area contributed by atoms with E-state index < -0.39 is 24.2 Å². The van der Waals surface area contributed by atoms with E-state index in [9.17, 15) is 34.8 Å². The largest absolute Gasteiger partial charge is 0.478 e. The summed E-state index contributed by atoms with van der Waals surface area (Å²) in [5, 5.41) is 42.1. The molecule has 12 heteroatoms. The van der Waals surface area contributed by atoms with Gasteiger partial charge in [0, 0.05) is 66.5 Å². The molecule has 61 heavy (non-hydrogen) atoms. The molecule has 0 radical (unpaired) electrons. The van der Waals surface area contributed by atoms with E-state index in [0.29, 0.717) is 0 Å². The van der Waals surface area contributed by atoms with Gasteiger partial charge in [0.25, 0.3) is 0 Å². The molecule has 4 aromatic carbocycles. The summed E-state index contributed by atoms with van der Waals surface area (Å²) >= 11 is 0. The molecule has 298 valence electrons. The third kappa shape index (κ3) is 6.77. The predicted molar refractivity (Wildman–Crippen MR) is 225 cm³/mol. The Kier molecular flexibility index (Phi) is 8.86. The molecule has 2 aliphatic rings. The smallest absolute Gasteiger partial charge is 0.335 e. The Bertz CT molecular complexity index is 3310. The number of epoxide rings is 1. The number of fused-ring (bicyclic) bond motifs is 8. The van der Waals surface area contributed by atoms with Crippen LogP contribution in [0.4, 0.5) is 0 Å². The number of aromatic amines is 4. The number of aliphatic hydroxyl groups is 1. The van der Waals surface area contributed by atoms with Crippen LogP contribution >= 0.6 is 0 Å². The van der Waals surface area contributed by atoms with Crippen molar-refractivity contribution >= 4 is 40.2 Å². The van der Waals surface area contributed by atoms with E-state index >= 15 is 0 Å². The fraction of sp³-hybridized carbons (Fsp3) is 0.0408. The van der Waals surface area contributed by atoms with Gasteiger partial charge in [0.05, 0.1) is 16.7 Å². The van der Waals surface area contributed by atoms with E-state index in [1.165, 1.54) is 0 Å². The Balaban J connectivity index is 1.29. The second-order valence-corrected chi connectivity index (χ2v) is 14.9. The van der Waals surface area contributed by atoms with Crippen molar-refractivity contribution in [3.8, 4) is 0 Å². The number of aromatic nitrogens is 4. The first-order valence-electron chi connectivity index (χ1n) is 19.3. The van der Waals surface area contributed by atoms with Crippen LogP contribution in [0.1, 0.15) is 87.8 Å². The molecule has 0 saturated carbocycles. The highest BCUT2D eigenvalue weighted by atomic mass is 16.7. The van der Waals surface area contributed by atoms with E-state index in [-0.39, 0.29) is 22.8 Å². The first-order valence-corrected chi connectivity index (χ1v) is 19.3. The first kappa shape index (κ1) is 37.1. The maximum atomic E-state index is 11.9. The van der Waals surface area contributed by atoms with Crippen LogP contribution in [0.25, 0.3) is 22.3 Å². The van der Waals surface area contributed by atoms with E-state index in [4.69, 9.17) is 4.74 Å². The quantitative estimate of drug-likeness (QED) is 0.100. The van der Waals surface area contributed by atoms with Gasteiger partial charge in [-0.3, -0.25) is 0 Å². The van der Waals surface area contributed by atoms with Gasteiger partial charge in [-0.1, -0.05) is 60.7 Å². The highest BCUT2D eigenvalue weighted by Crippen LogP contribution is 2.37. The van der Waals surface area contributed by atoms with Crippen LogP contribution in [0.3, 0.4) is 0 Å². The lowest BCUT2D eigenvalue weighted by Gasteiger charge is -2.10. The van der Waals surface area contributed by atoms with Crippen LogP contribution in [-0.2, 0) is 4.74 Å². The lowest BCUT2D eigenvalue weighted by Crippen LogP contribution is -2.19. The van der Waals surface area contributed by atoms with Crippen LogP contribution in [0.15, 0.2) is 146 Å². The van der Waals surface area contributed by atoms with Crippen molar-refractivity contribution in [1.82, 2.24) is 19.9 Å². The van der Waals surface area contributed by atoms with Crippen molar-refractivity contribution < 1.29 is 39.5 Å². The Morgan fingerprint density at radius 3 is 0.885 bits per heavy atom. The third-order valence-corrected chi connectivity index (χ3v) is 11.2. The zero-order chi connectivity index (χ0) is 41.9. The molecule has 2 unspecified atom stereocenters. The minimum Gasteiger partial charge on any atom is -0.478 e. The first-order chi connectivity index (χ1) is 29.6. The van der Waals surface area contributed by atoms with Gasteiger partial charge in [0.2, 0.25) is 0 Å². The summed E-state index contributed by atoms with van der Waals surface area (Å²) in [4.78, 5) is 50.2. The SMILES string of the molecule is O=C(O)c1ccc(C2=c3ccc([nH]3)=C(c3ccc(C(=O)O)cc3)c3ccc([nH]3)C(c3ccc(C4OC4O)cc3)=c3ccc([nH]3)=C(c3ccc(C(=O)O)cc3)c3ccc2[nH]3)cc1. The molecule has 0 aliphatic carbocycles. The number of aliphatic hydroxyl groups excluding tert-OH is 1. The van der Waals surface area contributed by atoms with Gasteiger partial charge in [-0.25, -0.2) is 14.4 Å². The molecule has 6 heterocycles. The number of H-pyrrole nitrogens is 4. The molecule has 8 N–H and O–H groups in total. The van der Waals surface area contributed by atoms with Gasteiger partial charge in [0.15, 0.2) is 6.29 Å². The van der Waals surface area contributed by atoms with E-state index in [0.717, 1.165) is 94.3 Å². The van der Waals surface area contributed by atoms with Gasteiger partial charge in [-0.05, 0) is 113 Å². The molecule has 2 atom stereocenters. The molecule has 8 aromatic rings. The summed E-state index contributed by atoms with van der Waals surface area (Å²) < 4.78 is 5.32. The van der Waals surface area contributed by atoms with E-state index in [2.05, 4.69) is 19.9 Å². The Morgan fingerprint density at radius 1 is 0.377 bits per heavy atom. The molecular weight excluding hydrogens is 773 g/mol. The normalized spacial score (nSPS) is 15.8. The number of carboxylic acid groups (broad SMARTS) is 3. The molecule has 8 bridgehead atoms. The number of rotatable bonds is 8. The average molecular weight is 807 g/mol. The lowest BCUT2D eigenvalue weighted by molar-refractivity contribution is 0.0686. The topological polar surface area (TPSA) is 208 Å². The summed E-state index contributed by atoms with van der Waals surface area (Å²) in [5.41, 5.74) is 10.5. The van der Waals surface area contributed by atoms with Crippen LogP contribution in [0, 0.1) is 0 Å². The van der Waals surface area contributed by atoms with Crippen molar-refractivity contribution in [2.45, 2.75) is 12.4 Å². The molecule has 0 spiro atoms. The van der Waals surface area contributed by atoms with Crippen molar-refractivity contribution in [2.24, 2.45) is 0 Å². The van der Waals surface area contributed by atoms with Gasteiger partial charge in [-0.2, -0.15) is 0 Å². The van der Waals surface area contributed by atoms with E-state index in [1.54, 1.807) is 72.8 Å². The van der Waals surface area contributed by atoms with E-state index in [1.807, 2.05) is 72.8 Å². The number of hydrogen-bond acceptors (Lipinski definition) is 5. The van der Waals surface area contributed by atoms with Crippen molar-refractivity contribution in [1.29, 1.82) is 0 Å². The van der Waals surface area contributed by atoms with Crippen LogP contribution in [-0.4, -0.2) is 64.6 Å². The minimum atomic E-state index is -1.04. The number of nitrogens with one attached hydrogen (secondary N) is 4. The molecule has 1 saturated heterocycles. The third-order valence-electron chi connectivity index (χ3n) is 11.2. The fourth-order valence-corrected chi connectivity index (χ4v) is 8.10. The summed E-state index contributed by atoms with van der Waals surface area (Å²) in [6.45, 7) is 0. The molecule has 0 amide bonds. The Labute approximate surface area is 345 Å². The summed E-state index contributed by atoms with van der Waals surface area (Å²) in [6.07, 6.45) is -1.21. The number of carboxylic acids is 3. The highest BCUT2D eigenvalue weighted by molar-refractivity contribution is 5.91. The summed E-state index contributed by atoms with van der Waals surface area (Å²) in [7, 11) is 0. The maximum absolute atomic E-state index is 11.9. The van der Waals surface area contributed by atoms with Crippen LogP contribution in [0.5, 0.6) is 0 Å². The fourth-order valence-electron chi connectivity index (χ4n) is 8.10. The number of carbonyl (C=O) groups is 3. The Hall–Kier alpha value is -8.19. The van der Waals surface area contributed by atoms with Crippen LogP contribution < -0.4 is 21.4 Å². The van der Waals surface area contributed by atoms with Gasteiger partial charge >= 0.3 is 17.9 Å². The number of ether oxygens (including phenoxy) is 1. The molecule has 1 fully saturated rings. The van der Waals surface area contributed by atoms with Crippen LogP contribution in [0.2, 0.25) is 0 Å². The lowest BCUT2D eigenvalue weighted by atomic mass is 10.00. The zero-order valence-electron chi connectivity index (χ0n) is 31.9. The maximum Gasteiger partial charge on any atom is 0.335 e. The van der Waals surface area contributed by atoms with Crippen molar-refractivity contribution in [3.63, 3.8) is 0 Å². The molecule has 4 aromatic heterocycles. The van der Waals surface area contributed by atoms with Gasteiger partial charge < -0.3 is 45.1 Å².